The molecule has 2 heterocycles. The lowest BCUT2D eigenvalue weighted by Gasteiger charge is -2.38. The van der Waals surface area contributed by atoms with E-state index in [1.807, 2.05) is 0 Å². The van der Waals surface area contributed by atoms with E-state index in [0.717, 1.165) is 57.9 Å². The van der Waals surface area contributed by atoms with Crippen LogP contribution >= 0.6 is 0 Å². The van der Waals surface area contributed by atoms with Gasteiger partial charge in [-0.05, 0) is 38.6 Å². The molecular weight excluding hydrogens is 264 g/mol. The van der Waals surface area contributed by atoms with Gasteiger partial charge in [0.05, 0.1) is 19.3 Å². The van der Waals surface area contributed by atoms with Crippen molar-refractivity contribution in [2.24, 2.45) is 0 Å². The van der Waals surface area contributed by atoms with E-state index in [1.165, 1.54) is 24.1 Å². The van der Waals surface area contributed by atoms with Crippen LogP contribution in [0, 0.1) is 0 Å². The van der Waals surface area contributed by atoms with E-state index >= 15 is 0 Å². The second kappa shape index (κ2) is 7.18. The molecule has 1 aromatic rings. The van der Waals surface area contributed by atoms with Crippen molar-refractivity contribution in [3.8, 4) is 0 Å². The summed E-state index contributed by atoms with van der Waals surface area (Å²) < 4.78 is 5.68. The molecule has 5 heteroatoms. The maximum Gasteiger partial charge on any atom is 0.135 e. The third-order valence-corrected chi connectivity index (χ3v) is 4.41. The molecule has 21 heavy (non-hydrogen) atoms. The van der Waals surface area contributed by atoms with Gasteiger partial charge in [-0.3, -0.25) is 0 Å². The minimum atomic E-state index is 0.381. The van der Waals surface area contributed by atoms with Gasteiger partial charge < -0.3 is 15.0 Å². The zero-order chi connectivity index (χ0) is 14.5. The molecule has 1 N–H and O–H groups in total. The molecule has 1 aliphatic heterocycles. The van der Waals surface area contributed by atoms with Crippen LogP contribution in [0.4, 0.5) is 5.82 Å². The van der Waals surface area contributed by atoms with E-state index in [1.54, 1.807) is 6.33 Å². The second-order valence-corrected chi connectivity index (χ2v) is 5.96. The van der Waals surface area contributed by atoms with Crippen LogP contribution in [0.2, 0.25) is 0 Å². The van der Waals surface area contributed by atoms with Gasteiger partial charge in [-0.15, -0.1) is 0 Å². The number of aromatic nitrogens is 2. The summed E-state index contributed by atoms with van der Waals surface area (Å²) in [5.41, 5.74) is 2.64. The zero-order valence-electron chi connectivity index (χ0n) is 13.0. The van der Waals surface area contributed by atoms with Gasteiger partial charge >= 0.3 is 0 Å². The lowest BCUT2D eigenvalue weighted by Crippen LogP contribution is -2.51. The van der Waals surface area contributed by atoms with E-state index in [0.29, 0.717) is 6.04 Å². The molecule has 1 saturated heterocycles. The summed E-state index contributed by atoms with van der Waals surface area (Å²) >= 11 is 0. The third kappa shape index (κ3) is 3.35. The Morgan fingerprint density at radius 3 is 3.14 bits per heavy atom. The van der Waals surface area contributed by atoms with E-state index in [-0.39, 0.29) is 0 Å². The molecular formula is C16H26N4O. The molecule has 0 radical (unpaired) electrons. The van der Waals surface area contributed by atoms with Gasteiger partial charge in [-0.25, -0.2) is 9.97 Å². The van der Waals surface area contributed by atoms with Crippen LogP contribution in [0.25, 0.3) is 0 Å². The van der Waals surface area contributed by atoms with Gasteiger partial charge in [-0.2, -0.15) is 0 Å². The van der Waals surface area contributed by atoms with Gasteiger partial charge in [0.1, 0.15) is 12.1 Å². The van der Waals surface area contributed by atoms with Crippen LogP contribution in [-0.4, -0.2) is 48.9 Å². The molecule has 1 aliphatic carbocycles. The summed E-state index contributed by atoms with van der Waals surface area (Å²) in [4.78, 5) is 11.6. The molecule has 3 rings (SSSR count). The van der Waals surface area contributed by atoms with Crippen molar-refractivity contribution in [3.63, 3.8) is 0 Å². The first-order valence-corrected chi connectivity index (χ1v) is 8.28. The average Bonchev–Trinajstić information content (AvgIpc) is 2.55. The first kappa shape index (κ1) is 14.7. The Kier molecular flexibility index (Phi) is 5.04. The van der Waals surface area contributed by atoms with Crippen molar-refractivity contribution in [2.75, 3.05) is 37.7 Å². The Morgan fingerprint density at radius 1 is 1.33 bits per heavy atom. The topological polar surface area (TPSA) is 50.3 Å². The fourth-order valence-electron chi connectivity index (χ4n) is 3.30. The van der Waals surface area contributed by atoms with Gasteiger partial charge in [-0.1, -0.05) is 6.92 Å². The van der Waals surface area contributed by atoms with Crippen LogP contribution in [0.15, 0.2) is 6.33 Å². The number of nitrogens with zero attached hydrogens (tertiary/aromatic N) is 3. The standard InChI is InChI=1S/C16H26N4O/c1-2-7-17-10-13-11-21-9-8-20(13)16-14-5-3-4-6-15(14)18-12-19-16/h12-13,17H,2-11H2,1H3. The summed E-state index contributed by atoms with van der Waals surface area (Å²) in [6.07, 6.45) is 7.65. The second-order valence-electron chi connectivity index (χ2n) is 5.96. The molecule has 2 aliphatic rings. The molecule has 1 atom stereocenters. The van der Waals surface area contributed by atoms with Crippen molar-refractivity contribution in [1.29, 1.82) is 0 Å². The molecule has 1 fully saturated rings. The van der Waals surface area contributed by atoms with E-state index in [2.05, 4.69) is 27.1 Å². The average molecular weight is 290 g/mol. The number of aryl methyl sites for hydroxylation is 1. The Bertz CT molecular complexity index is 466. The number of ether oxygens (including phenoxy) is 1. The Hall–Kier alpha value is -1.20. The highest BCUT2D eigenvalue weighted by atomic mass is 16.5. The number of nitrogens with one attached hydrogen (secondary N) is 1. The number of hydrogen-bond acceptors (Lipinski definition) is 5. The monoisotopic (exact) mass is 290 g/mol. The van der Waals surface area contributed by atoms with Crippen molar-refractivity contribution in [1.82, 2.24) is 15.3 Å². The number of anilines is 1. The quantitative estimate of drug-likeness (QED) is 0.834. The Morgan fingerprint density at radius 2 is 2.24 bits per heavy atom. The first-order valence-electron chi connectivity index (χ1n) is 8.28. The fraction of sp³-hybridized carbons (Fsp3) is 0.750. The van der Waals surface area contributed by atoms with Crippen LogP contribution in [-0.2, 0) is 17.6 Å². The van der Waals surface area contributed by atoms with Gasteiger partial charge in [0.2, 0.25) is 0 Å². The van der Waals surface area contributed by atoms with Crippen LogP contribution in [0.5, 0.6) is 0 Å². The van der Waals surface area contributed by atoms with Crippen LogP contribution in [0.3, 0.4) is 0 Å². The fourth-order valence-corrected chi connectivity index (χ4v) is 3.30. The highest BCUT2D eigenvalue weighted by molar-refractivity contribution is 5.51. The van der Waals surface area contributed by atoms with Gasteiger partial charge in [0.15, 0.2) is 0 Å². The molecule has 5 nitrogen and oxygen atoms in total. The molecule has 0 saturated carbocycles. The van der Waals surface area contributed by atoms with E-state index in [4.69, 9.17) is 4.74 Å². The predicted octanol–water partition coefficient (Wildman–Crippen LogP) is 1.56. The van der Waals surface area contributed by atoms with E-state index < -0.39 is 0 Å². The van der Waals surface area contributed by atoms with Crippen LogP contribution in [0.1, 0.15) is 37.4 Å². The predicted molar refractivity (Wildman–Crippen MR) is 83.8 cm³/mol. The Balaban J connectivity index is 1.79. The summed E-state index contributed by atoms with van der Waals surface area (Å²) in [5, 5.41) is 3.52. The Labute approximate surface area is 127 Å². The maximum atomic E-state index is 5.68. The van der Waals surface area contributed by atoms with Crippen LogP contribution < -0.4 is 10.2 Å². The number of rotatable bonds is 5. The summed E-state index contributed by atoms with van der Waals surface area (Å²) in [6, 6.07) is 0.381. The zero-order valence-corrected chi connectivity index (χ0v) is 13.0. The minimum absolute atomic E-state index is 0.381. The minimum Gasteiger partial charge on any atom is -0.377 e. The van der Waals surface area contributed by atoms with Crippen molar-refractivity contribution < 1.29 is 4.74 Å². The smallest absolute Gasteiger partial charge is 0.135 e. The highest BCUT2D eigenvalue weighted by Gasteiger charge is 2.27. The molecule has 0 aromatic carbocycles. The summed E-state index contributed by atoms with van der Waals surface area (Å²) in [6.45, 7) is 6.74. The number of fused-ring (bicyclic) bond motifs is 1. The summed E-state index contributed by atoms with van der Waals surface area (Å²) in [7, 11) is 0. The van der Waals surface area contributed by atoms with E-state index in [9.17, 15) is 0 Å². The molecule has 0 amide bonds. The van der Waals surface area contributed by atoms with Crippen molar-refractivity contribution >= 4 is 5.82 Å². The van der Waals surface area contributed by atoms with Gasteiger partial charge in [0, 0.05) is 24.3 Å². The van der Waals surface area contributed by atoms with Crippen molar-refractivity contribution in [2.45, 2.75) is 45.1 Å². The third-order valence-electron chi connectivity index (χ3n) is 4.41. The lowest BCUT2D eigenvalue weighted by atomic mass is 9.96. The summed E-state index contributed by atoms with van der Waals surface area (Å²) in [5.74, 6) is 1.16. The SMILES string of the molecule is CCCNCC1COCCN1c1ncnc2c1CCCC2. The molecule has 1 aromatic heterocycles. The molecule has 116 valence electrons. The molecule has 1 unspecified atom stereocenters. The first-order chi connectivity index (χ1) is 10.4. The molecule has 0 spiro atoms. The largest absolute Gasteiger partial charge is 0.377 e. The highest BCUT2D eigenvalue weighted by Crippen LogP contribution is 2.28. The van der Waals surface area contributed by atoms with Gasteiger partial charge in [0.25, 0.3) is 0 Å². The lowest BCUT2D eigenvalue weighted by molar-refractivity contribution is 0.0932. The van der Waals surface area contributed by atoms with Crippen molar-refractivity contribution in [3.05, 3.63) is 17.6 Å². The normalized spacial score (nSPS) is 22.1. The molecule has 0 bridgehead atoms. The maximum absolute atomic E-state index is 5.68. The number of morpholine rings is 1. The number of hydrogen-bond donors (Lipinski definition) is 1.